The van der Waals surface area contributed by atoms with Crippen LogP contribution in [0.2, 0.25) is 0 Å². The van der Waals surface area contributed by atoms with E-state index < -0.39 is 0 Å². The van der Waals surface area contributed by atoms with Crippen molar-refractivity contribution in [2.24, 2.45) is 0 Å². The first-order chi connectivity index (χ1) is 8.84. The number of benzene rings is 1. The van der Waals surface area contributed by atoms with Crippen molar-refractivity contribution in [2.75, 3.05) is 0 Å². The summed E-state index contributed by atoms with van der Waals surface area (Å²) < 4.78 is 1.39. The van der Waals surface area contributed by atoms with Crippen LogP contribution in [-0.2, 0) is 5.54 Å². The van der Waals surface area contributed by atoms with Crippen LogP contribution in [0, 0.1) is 0 Å². The minimum absolute atomic E-state index is 0.143. The Morgan fingerprint density at radius 1 is 1.17 bits per heavy atom. The molecule has 0 aliphatic heterocycles. The van der Waals surface area contributed by atoms with Crippen molar-refractivity contribution in [3.8, 4) is 0 Å². The van der Waals surface area contributed by atoms with Crippen LogP contribution >= 0.6 is 11.3 Å². The molecule has 0 radical (unpaired) electrons. The van der Waals surface area contributed by atoms with Crippen molar-refractivity contribution in [3.05, 3.63) is 48.0 Å². The summed E-state index contributed by atoms with van der Waals surface area (Å²) in [5.74, 6) is 0. The van der Waals surface area contributed by atoms with Gasteiger partial charge in [0.1, 0.15) is 0 Å². The Morgan fingerprint density at radius 3 is 2.67 bits per heavy atom. The van der Waals surface area contributed by atoms with E-state index in [2.05, 4.69) is 42.2 Å². The monoisotopic (exact) mass is 257 g/mol. The topological polar surface area (TPSA) is 12.0 Å². The third kappa shape index (κ3) is 1.95. The van der Waals surface area contributed by atoms with Gasteiger partial charge in [-0.15, -0.1) is 11.3 Å². The maximum absolute atomic E-state index is 3.87. The van der Waals surface area contributed by atoms with Crippen LogP contribution in [0.1, 0.15) is 37.0 Å². The van der Waals surface area contributed by atoms with Crippen LogP contribution in [0.5, 0.6) is 0 Å². The molecule has 0 unspecified atom stereocenters. The second kappa shape index (κ2) is 4.77. The summed E-state index contributed by atoms with van der Waals surface area (Å²) in [6.45, 7) is 3.87. The van der Waals surface area contributed by atoms with Crippen molar-refractivity contribution in [1.82, 2.24) is 5.32 Å². The minimum Gasteiger partial charge on any atom is -0.381 e. The lowest BCUT2D eigenvalue weighted by Gasteiger charge is -2.37. The van der Waals surface area contributed by atoms with Crippen molar-refractivity contribution in [2.45, 2.75) is 37.6 Å². The lowest BCUT2D eigenvalue weighted by Crippen LogP contribution is -2.40. The Balaban J connectivity index is 2.05. The predicted octanol–water partition coefficient (Wildman–Crippen LogP) is 4.79. The molecule has 1 nitrogen and oxygen atoms in total. The van der Waals surface area contributed by atoms with Gasteiger partial charge in [-0.2, -0.15) is 0 Å². The lowest BCUT2D eigenvalue weighted by atomic mass is 9.80. The fourth-order valence-corrected chi connectivity index (χ4v) is 4.30. The average Bonchev–Trinajstić information content (AvgIpc) is 2.84. The number of thiophene rings is 1. The van der Waals surface area contributed by atoms with Crippen molar-refractivity contribution in [1.29, 1.82) is 0 Å². The van der Waals surface area contributed by atoms with E-state index in [1.807, 2.05) is 17.5 Å². The number of fused-ring (bicyclic) bond motifs is 1. The van der Waals surface area contributed by atoms with Gasteiger partial charge in [0.25, 0.3) is 0 Å². The highest BCUT2D eigenvalue weighted by molar-refractivity contribution is 7.19. The van der Waals surface area contributed by atoms with E-state index >= 15 is 0 Å². The molecule has 1 N–H and O–H groups in total. The molecule has 0 saturated heterocycles. The van der Waals surface area contributed by atoms with Gasteiger partial charge >= 0.3 is 0 Å². The molecular formula is C16H19NS. The Bertz CT molecular complexity index is 516. The fourth-order valence-electron chi connectivity index (χ4n) is 3.03. The van der Waals surface area contributed by atoms with Gasteiger partial charge in [0.2, 0.25) is 0 Å². The Morgan fingerprint density at radius 2 is 1.94 bits per heavy atom. The Hall–Kier alpha value is -1.28. The van der Waals surface area contributed by atoms with Crippen LogP contribution < -0.4 is 5.32 Å². The van der Waals surface area contributed by atoms with Crippen LogP contribution in [0.3, 0.4) is 0 Å². The zero-order chi connectivity index (χ0) is 12.4. The number of rotatable bonds is 3. The van der Waals surface area contributed by atoms with Gasteiger partial charge in [0.15, 0.2) is 0 Å². The molecule has 1 aromatic carbocycles. The molecule has 3 rings (SSSR count). The van der Waals surface area contributed by atoms with E-state index in [-0.39, 0.29) is 5.54 Å². The smallest absolute Gasteiger partial charge is 0.0712 e. The standard InChI is InChI=1S/C16H19NS/c1-2-17-16(10-6-3-7-11-16)15-12-13-8-4-5-9-14(13)18-15/h2,4-5,8-9,12,17H,1,3,6-7,10-11H2. The third-order valence-electron chi connectivity index (χ3n) is 3.98. The van der Waals surface area contributed by atoms with Gasteiger partial charge in [0.05, 0.1) is 5.54 Å². The highest BCUT2D eigenvalue weighted by Crippen LogP contribution is 2.42. The maximum atomic E-state index is 3.87. The molecule has 0 bridgehead atoms. The average molecular weight is 257 g/mol. The summed E-state index contributed by atoms with van der Waals surface area (Å²) >= 11 is 1.93. The van der Waals surface area contributed by atoms with Gasteiger partial charge in [-0.3, -0.25) is 0 Å². The zero-order valence-corrected chi connectivity index (χ0v) is 11.4. The summed E-state index contributed by atoms with van der Waals surface area (Å²) in [7, 11) is 0. The largest absolute Gasteiger partial charge is 0.381 e. The zero-order valence-electron chi connectivity index (χ0n) is 10.6. The van der Waals surface area contributed by atoms with Crippen LogP contribution in [-0.4, -0.2) is 0 Å². The lowest BCUT2D eigenvalue weighted by molar-refractivity contribution is 0.266. The van der Waals surface area contributed by atoms with E-state index in [1.54, 1.807) is 0 Å². The Labute approximate surface area is 113 Å². The van der Waals surface area contributed by atoms with Crippen molar-refractivity contribution in [3.63, 3.8) is 0 Å². The highest BCUT2D eigenvalue weighted by atomic mass is 32.1. The van der Waals surface area contributed by atoms with Crippen molar-refractivity contribution < 1.29 is 0 Å². The van der Waals surface area contributed by atoms with Crippen molar-refractivity contribution >= 4 is 21.4 Å². The molecule has 2 aromatic rings. The Kier molecular flexibility index (Phi) is 3.13. The molecule has 1 aromatic heterocycles. The van der Waals surface area contributed by atoms with E-state index in [9.17, 15) is 0 Å². The third-order valence-corrected chi connectivity index (χ3v) is 5.30. The van der Waals surface area contributed by atoms with Gasteiger partial charge in [-0.25, -0.2) is 0 Å². The first-order valence-electron chi connectivity index (χ1n) is 6.72. The summed E-state index contributed by atoms with van der Waals surface area (Å²) in [5.41, 5.74) is 0.143. The summed E-state index contributed by atoms with van der Waals surface area (Å²) in [4.78, 5) is 1.48. The van der Waals surface area contributed by atoms with E-state index in [4.69, 9.17) is 0 Å². The fraction of sp³-hybridized carbons (Fsp3) is 0.375. The van der Waals surface area contributed by atoms with Gasteiger partial charge < -0.3 is 5.32 Å². The quantitative estimate of drug-likeness (QED) is 0.833. The molecule has 2 heteroatoms. The normalized spacial score (nSPS) is 18.7. The summed E-state index contributed by atoms with van der Waals surface area (Å²) in [6.07, 6.45) is 8.32. The minimum atomic E-state index is 0.143. The number of hydrogen-bond acceptors (Lipinski definition) is 2. The second-order valence-corrected chi connectivity index (χ2v) is 6.22. The van der Waals surface area contributed by atoms with Crippen LogP contribution in [0.4, 0.5) is 0 Å². The molecule has 1 aliphatic carbocycles. The number of nitrogens with one attached hydrogen (secondary N) is 1. The highest BCUT2D eigenvalue weighted by Gasteiger charge is 2.34. The molecule has 1 aliphatic rings. The van der Waals surface area contributed by atoms with Gasteiger partial charge in [-0.05, 0) is 36.6 Å². The maximum Gasteiger partial charge on any atom is 0.0712 e. The van der Waals surface area contributed by atoms with Gasteiger partial charge in [-0.1, -0.05) is 44.0 Å². The SMILES string of the molecule is C=CNC1(c2cc3ccccc3s2)CCCCC1. The second-order valence-electron chi connectivity index (χ2n) is 5.14. The van der Waals surface area contributed by atoms with Crippen LogP contribution in [0.15, 0.2) is 43.1 Å². The molecule has 0 spiro atoms. The van der Waals surface area contributed by atoms with Gasteiger partial charge in [0, 0.05) is 9.58 Å². The predicted molar refractivity (Wildman–Crippen MR) is 79.9 cm³/mol. The summed E-state index contributed by atoms with van der Waals surface area (Å²) in [6, 6.07) is 11.0. The molecule has 1 fully saturated rings. The molecular weight excluding hydrogens is 238 g/mol. The van der Waals surface area contributed by atoms with Crippen LogP contribution in [0.25, 0.3) is 10.1 Å². The summed E-state index contributed by atoms with van der Waals surface area (Å²) in [5, 5.41) is 4.92. The molecule has 1 saturated carbocycles. The molecule has 18 heavy (non-hydrogen) atoms. The molecule has 0 amide bonds. The molecule has 1 heterocycles. The molecule has 0 atom stereocenters. The number of hydrogen-bond donors (Lipinski definition) is 1. The first-order valence-corrected chi connectivity index (χ1v) is 7.53. The van der Waals surface area contributed by atoms with E-state index in [0.717, 1.165) is 0 Å². The molecule has 94 valence electrons. The van der Waals surface area contributed by atoms with E-state index in [0.29, 0.717) is 0 Å². The first kappa shape index (κ1) is 11.8. The van der Waals surface area contributed by atoms with E-state index in [1.165, 1.54) is 47.1 Å².